The summed E-state index contributed by atoms with van der Waals surface area (Å²) in [6.07, 6.45) is 2.91. The number of rotatable bonds is 5. The third-order valence-electron chi connectivity index (χ3n) is 4.95. The molecule has 4 rings (SSSR count). The number of aryl methyl sites for hydroxylation is 3. The van der Waals surface area contributed by atoms with Crippen LogP contribution in [0, 0.1) is 26.6 Å². The van der Waals surface area contributed by atoms with Crippen LogP contribution in [0.2, 0.25) is 0 Å². The Labute approximate surface area is 160 Å². The summed E-state index contributed by atoms with van der Waals surface area (Å²) in [5.41, 5.74) is 2.47. The number of carbonyl (C=O) groups is 1. The molecule has 3 heterocycles. The van der Waals surface area contributed by atoms with Crippen LogP contribution in [0.1, 0.15) is 46.0 Å². The molecule has 0 unspecified atom stereocenters. The fraction of sp³-hybridized carbons (Fsp3) is 0.421. The monoisotopic (exact) mass is 384 g/mol. The topological polar surface area (TPSA) is 106 Å². The highest BCUT2D eigenvalue weighted by Gasteiger charge is 2.40. The van der Waals surface area contributed by atoms with Crippen LogP contribution in [0.5, 0.6) is 0 Å². The predicted molar refractivity (Wildman–Crippen MR) is 99.3 cm³/mol. The summed E-state index contributed by atoms with van der Waals surface area (Å²) in [6.45, 7) is 5.59. The van der Waals surface area contributed by atoms with Gasteiger partial charge < -0.3 is 10.4 Å². The number of carbonyl (C=O) groups excluding carboxylic acids is 1. The Kier molecular flexibility index (Phi) is 4.34. The number of pyridine rings is 1. The van der Waals surface area contributed by atoms with Crippen molar-refractivity contribution in [2.45, 2.75) is 45.8 Å². The van der Waals surface area contributed by atoms with Gasteiger partial charge in [-0.2, -0.15) is 5.10 Å². The summed E-state index contributed by atoms with van der Waals surface area (Å²) in [4.78, 5) is 25.6. The molecule has 1 aliphatic carbocycles. The van der Waals surface area contributed by atoms with Gasteiger partial charge in [-0.05, 0) is 45.2 Å². The van der Waals surface area contributed by atoms with Crippen molar-refractivity contribution >= 4 is 17.1 Å². The molecule has 1 saturated carbocycles. The fourth-order valence-corrected chi connectivity index (χ4v) is 3.00. The van der Waals surface area contributed by atoms with Crippen LogP contribution in [0.15, 0.2) is 12.3 Å². The molecule has 1 fully saturated rings. The Bertz CT molecular complexity index is 1090. The summed E-state index contributed by atoms with van der Waals surface area (Å²) in [5, 5.41) is 17.0. The molecule has 146 valence electrons. The van der Waals surface area contributed by atoms with Gasteiger partial charge in [0, 0.05) is 18.4 Å². The van der Waals surface area contributed by atoms with E-state index in [4.69, 9.17) is 0 Å². The molecule has 1 aliphatic rings. The van der Waals surface area contributed by atoms with Crippen molar-refractivity contribution in [3.05, 3.63) is 46.4 Å². The van der Waals surface area contributed by atoms with Crippen molar-refractivity contribution in [1.82, 2.24) is 30.0 Å². The zero-order chi connectivity index (χ0) is 20.1. The first-order valence-corrected chi connectivity index (χ1v) is 9.09. The van der Waals surface area contributed by atoms with E-state index in [1.165, 1.54) is 10.7 Å². The number of hydrogen-bond donors (Lipinski definition) is 2. The van der Waals surface area contributed by atoms with Crippen LogP contribution >= 0.6 is 0 Å². The number of fused-ring (bicyclic) bond motifs is 1. The van der Waals surface area contributed by atoms with E-state index in [0.717, 1.165) is 0 Å². The van der Waals surface area contributed by atoms with Crippen molar-refractivity contribution in [3.63, 3.8) is 0 Å². The van der Waals surface area contributed by atoms with Gasteiger partial charge in [0.1, 0.15) is 11.3 Å². The van der Waals surface area contributed by atoms with Crippen LogP contribution in [-0.4, -0.2) is 47.9 Å². The fourth-order valence-electron chi connectivity index (χ4n) is 3.00. The van der Waals surface area contributed by atoms with Crippen LogP contribution in [0.25, 0.3) is 11.2 Å². The largest absolute Gasteiger partial charge is 0.388 e. The van der Waals surface area contributed by atoms with E-state index in [2.05, 4.69) is 25.4 Å². The number of aromatic nitrogens is 5. The van der Waals surface area contributed by atoms with Gasteiger partial charge >= 0.3 is 0 Å². The number of halogens is 1. The van der Waals surface area contributed by atoms with Gasteiger partial charge in [-0.15, -0.1) is 0 Å². The lowest BCUT2D eigenvalue weighted by atomic mass is 10.2. The molecule has 0 bridgehead atoms. The molecule has 3 aromatic rings. The van der Waals surface area contributed by atoms with E-state index in [0.29, 0.717) is 46.7 Å². The number of hydrogen-bond acceptors (Lipinski definition) is 6. The van der Waals surface area contributed by atoms with Gasteiger partial charge in [-0.3, -0.25) is 9.78 Å². The summed E-state index contributed by atoms with van der Waals surface area (Å²) in [7, 11) is 0. The number of aliphatic hydroxyl groups is 1. The normalized spacial score (nSPS) is 15.0. The molecule has 8 nitrogen and oxygen atoms in total. The van der Waals surface area contributed by atoms with Gasteiger partial charge in [0.2, 0.25) is 0 Å². The Hall–Kier alpha value is -2.94. The lowest BCUT2D eigenvalue weighted by molar-refractivity contribution is 0.0892. The van der Waals surface area contributed by atoms with Crippen molar-refractivity contribution in [2.75, 3.05) is 6.54 Å². The minimum atomic E-state index is -0.807. The first kappa shape index (κ1) is 18.4. The van der Waals surface area contributed by atoms with Gasteiger partial charge in [0.15, 0.2) is 11.3 Å². The predicted octanol–water partition coefficient (Wildman–Crippen LogP) is 1.59. The number of amides is 1. The van der Waals surface area contributed by atoms with E-state index in [1.54, 1.807) is 27.0 Å². The van der Waals surface area contributed by atoms with Crippen LogP contribution in [0.3, 0.4) is 0 Å². The second kappa shape index (κ2) is 6.59. The van der Waals surface area contributed by atoms with E-state index in [1.807, 2.05) is 0 Å². The Morgan fingerprint density at radius 3 is 2.75 bits per heavy atom. The maximum atomic E-state index is 14.0. The van der Waals surface area contributed by atoms with Crippen molar-refractivity contribution < 1.29 is 14.3 Å². The Balaban J connectivity index is 1.71. The highest BCUT2D eigenvalue weighted by Crippen LogP contribution is 2.34. The van der Waals surface area contributed by atoms with Crippen molar-refractivity contribution in [2.24, 2.45) is 0 Å². The minimum Gasteiger partial charge on any atom is -0.388 e. The molecule has 1 amide bonds. The summed E-state index contributed by atoms with van der Waals surface area (Å²) < 4.78 is 15.5. The Morgan fingerprint density at radius 1 is 1.29 bits per heavy atom. The highest BCUT2D eigenvalue weighted by atomic mass is 19.1. The van der Waals surface area contributed by atoms with Crippen molar-refractivity contribution in [3.8, 4) is 0 Å². The van der Waals surface area contributed by atoms with Crippen LogP contribution < -0.4 is 5.32 Å². The van der Waals surface area contributed by atoms with E-state index < -0.39 is 17.3 Å². The quantitative estimate of drug-likeness (QED) is 0.692. The smallest absolute Gasteiger partial charge is 0.274 e. The third kappa shape index (κ3) is 3.45. The molecule has 0 aliphatic heterocycles. The second-order valence-corrected chi connectivity index (χ2v) is 7.40. The van der Waals surface area contributed by atoms with Gasteiger partial charge in [0.05, 0.1) is 23.5 Å². The number of nitrogens with one attached hydrogen (secondary N) is 1. The molecule has 0 atom stereocenters. The average molecular weight is 384 g/mol. The molecule has 0 spiro atoms. The van der Waals surface area contributed by atoms with E-state index >= 15 is 0 Å². The maximum absolute atomic E-state index is 14.0. The lowest BCUT2D eigenvalue weighted by Crippen LogP contribution is -2.33. The zero-order valence-corrected chi connectivity index (χ0v) is 16.0. The minimum absolute atomic E-state index is 0.130. The first-order valence-electron chi connectivity index (χ1n) is 9.09. The molecule has 0 radical (unpaired) electrons. The highest BCUT2D eigenvalue weighted by molar-refractivity contribution is 6.02. The standard InChI is InChI=1S/C19H21FN6O2/c1-10-7-21-15-16(18(27)22-9-19(28)4-5-19)25-26(17(15)23-10)8-13-6-14(20)12(3)24-11(13)2/h6-7,28H,4-5,8-9H2,1-3H3,(H,22,27). The molecule has 9 heteroatoms. The summed E-state index contributed by atoms with van der Waals surface area (Å²) in [5.74, 6) is -0.817. The third-order valence-corrected chi connectivity index (χ3v) is 4.95. The molecular weight excluding hydrogens is 363 g/mol. The van der Waals surface area contributed by atoms with Crippen molar-refractivity contribution in [1.29, 1.82) is 0 Å². The van der Waals surface area contributed by atoms with E-state index in [9.17, 15) is 14.3 Å². The SMILES string of the molecule is Cc1cnc2c(C(=O)NCC3(O)CC3)nn(Cc3cc(F)c(C)nc3C)c2n1. The number of nitrogens with zero attached hydrogens (tertiary/aromatic N) is 5. The molecule has 0 aromatic carbocycles. The van der Waals surface area contributed by atoms with Gasteiger partial charge in [-0.1, -0.05) is 0 Å². The maximum Gasteiger partial charge on any atom is 0.274 e. The lowest BCUT2D eigenvalue weighted by Gasteiger charge is -2.08. The average Bonchev–Trinajstić information content (AvgIpc) is 3.28. The molecular formula is C19H21FN6O2. The molecule has 28 heavy (non-hydrogen) atoms. The molecule has 3 aromatic heterocycles. The second-order valence-electron chi connectivity index (χ2n) is 7.40. The first-order chi connectivity index (χ1) is 13.3. The summed E-state index contributed by atoms with van der Waals surface area (Å²) >= 11 is 0. The Morgan fingerprint density at radius 2 is 2.04 bits per heavy atom. The van der Waals surface area contributed by atoms with Gasteiger partial charge in [0.25, 0.3) is 5.91 Å². The molecule has 0 saturated heterocycles. The van der Waals surface area contributed by atoms with Crippen LogP contribution in [-0.2, 0) is 6.54 Å². The summed E-state index contributed by atoms with van der Waals surface area (Å²) in [6, 6.07) is 1.43. The zero-order valence-electron chi connectivity index (χ0n) is 16.0. The van der Waals surface area contributed by atoms with Crippen LogP contribution in [0.4, 0.5) is 4.39 Å². The molecule has 2 N–H and O–H groups in total. The van der Waals surface area contributed by atoms with Gasteiger partial charge in [-0.25, -0.2) is 19.0 Å². The van der Waals surface area contributed by atoms with E-state index in [-0.39, 0.29) is 18.8 Å².